The molecule has 112 valence electrons. The molecule has 0 spiro atoms. The van der Waals surface area contributed by atoms with Crippen molar-refractivity contribution in [3.63, 3.8) is 0 Å². The van der Waals surface area contributed by atoms with Crippen LogP contribution < -0.4 is 10.2 Å². The number of nitrogens with one attached hydrogen (secondary N) is 1. The smallest absolute Gasteiger partial charge is 0.406 e. The number of benzene rings is 1. The van der Waals surface area contributed by atoms with Gasteiger partial charge in [0.15, 0.2) is 0 Å². The Morgan fingerprint density at radius 3 is 2.71 bits per heavy atom. The molecule has 0 aliphatic heterocycles. The first-order valence-electron chi connectivity index (χ1n) is 5.91. The highest BCUT2D eigenvalue weighted by Gasteiger charge is 2.31. The van der Waals surface area contributed by atoms with Crippen molar-refractivity contribution >= 4 is 22.7 Å². The molecule has 0 aliphatic rings. The first kappa shape index (κ1) is 15.3. The number of aryl methyl sites for hydroxylation is 2. The van der Waals surface area contributed by atoms with Crippen molar-refractivity contribution in [2.45, 2.75) is 20.2 Å². The number of alkyl halides is 3. The number of ether oxygens (including phenoxy) is 1. The summed E-state index contributed by atoms with van der Waals surface area (Å²) >= 11 is 1.39. The number of rotatable bonds is 4. The maximum Gasteiger partial charge on any atom is 0.573 e. The fraction of sp³-hybridized carbons (Fsp3) is 0.231. The fourth-order valence-corrected chi connectivity index (χ4v) is 2.15. The van der Waals surface area contributed by atoms with E-state index in [-0.39, 0.29) is 5.75 Å². The Balaban J connectivity index is 2.09. The van der Waals surface area contributed by atoms with Gasteiger partial charge in [-0.25, -0.2) is 4.98 Å². The predicted molar refractivity (Wildman–Crippen MR) is 75.9 cm³/mol. The highest BCUT2D eigenvalue weighted by atomic mass is 32.1. The molecule has 1 aromatic carbocycles. The third-order valence-electron chi connectivity index (χ3n) is 2.47. The SMILES string of the molecule is Cc1csc(NN=Cc2cc(OC(F)(F)F)ccc2C)n1. The van der Waals surface area contributed by atoms with Gasteiger partial charge in [-0.3, -0.25) is 5.43 Å². The van der Waals surface area contributed by atoms with Crippen LogP contribution in [0.5, 0.6) is 5.75 Å². The van der Waals surface area contributed by atoms with Crippen LogP contribution in [0, 0.1) is 13.8 Å². The molecule has 2 rings (SSSR count). The number of anilines is 1. The number of hydrazone groups is 1. The van der Waals surface area contributed by atoms with E-state index in [9.17, 15) is 13.2 Å². The van der Waals surface area contributed by atoms with E-state index in [1.807, 2.05) is 12.3 Å². The van der Waals surface area contributed by atoms with Gasteiger partial charge in [0.05, 0.1) is 11.9 Å². The monoisotopic (exact) mass is 315 g/mol. The lowest BCUT2D eigenvalue weighted by Gasteiger charge is -2.10. The second-order valence-corrected chi connectivity index (χ2v) is 5.09. The molecule has 2 aromatic rings. The predicted octanol–water partition coefficient (Wildman–Crippen LogP) is 4.10. The summed E-state index contributed by atoms with van der Waals surface area (Å²) in [4.78, 5) is 4.15. The number of aromatic nitrogens is 1. The summed E-state index contributed by atoms with van der Waals surface area (Å²) in [5.41, 5.74) is 4.90. The van der Waals surface area contributed by atoms with Gasteiger partial charge >= 0.3 is 6.36 Å². The van der Waals surface area contributed by atoms with E-state index < -0.39 is 6.36 Å². The average Bonchev–Trinajstić information content (AvgIpc) is 2.77. The lowest BCUT2D eigenvalue weighted by Crippen LogP contribution is -2.17. The molecule has 1 heterocycles. The molecule has 0 aliphatic carbocycles. The summed E-state index contributed by atoms with van der Waals surface area (Å²) in [7, 11) is 0. The number of halogens is 3. The average molecular weight is 315 g/mol. The van der Waals surface area contributed by atoms with Crippen molar-refractivity contribution in [2.75, 3.05) is 5.43 Å². The van der Waals surface area contributed by atoms with E-state index >= 15 is 0 Å². The minimum atomic E-state index is -4.71. The molecule has 4 nitrogen and oxygen atoms in total. The highest BCUT2D eigenvalue weighted by molar-refractivity contribution is 7.13. The maximum absolute atomic E-state index is 12.2. The first-order valence-corrected chi connectivity index (χ1v) is 6.79. The summed E-state index contributed by atoms with van der Waals surface area (Å²) in [6.07, 6.45) is -3.28. The number of hydrogen-bond acceptors (Lipinski definition) is 5. The third kappa shape index (κ3) is 4.75. The Morgan fingerprint density at radius 1 is 1.33 bits per heavy atom. The minimum absolute atomic E-state index is 0.278. The molecule has 0 bridgehead atoms. The van der Waals surface area contributed by atoms with Crippen LogP contribution in [0.25, 0.3) is 0 Å². The van der Waals surface area contributed by atoms with Crippen molar-refractivity contribution in [1.29, 1.82) is 0 Å². The van der Waals surface area contributed by atoms with Crippen molar-refractivity contribution < 1.29 is 17.9 Å². The Hall–Kier alpha value is -2.09. The van der Waals surface area contributed by atoms with E-state index in [4.69, 9.17) is 0 Å². The lowest BCUT2D eigenvalue weighted by atomic mass is 10.1. The van der Waals surface area contributed by atoms with Crippen molar-refractivity contribution in [3.8, 4) is 5.75 Å². The van der Waals surface area contributed by atoms with Crippen LogP contribution in [0.15, 0.2) is 28.7 Å². The quantitative estimate of drug-likeness (QED) is 0.682. The Morgan fingerprint density at radius 2 is 2.10 bits per heavy atom. The number of hydrogen-bond donors (Lipinski definition) is 1. The van der Waals surface area contributed by atoms with Gasteiger partial charge in [-0.1, -0.05) is 6.07 Å². The van der Waals surface area contributed by atoms with Crippen LogP contribution in [0.2, 0.25) is 0 Å². The summed E-state index contributed by atoms with van der Waals surface area (Å²) < 4.78 is 40.4. The Labute approximate surface area is 123 Å². The third-order valence-corrected chi connectivity index (χ3v) is 3.33. The topological polar surface area (TPSA) is 46.5 Å². The molecule has 0 unspecified atom stereocenters. The summed E-state index contributed by atoms with van der Waals surface area (Å²) in [5.74, 6) is -0.278. The van der Waals surface area contributed by atoms with Crippen molar-refractivity contribution in [2.24, 2.45) is 5.10 Å². The van der Waals surface area contributed by atoms with Gasteiger partial charge in [0.2, 0.25) is 5.13 Å². The molecular formula is C13H12F3N3OS. The second kappa shape index (κ2) is 6.13. The van der Waals surface area contributed by atoms with E-state index in [0.717, 1.165) is 11.3 Å². The fourth-order valence-electron chi connectivity index (χ4n) is 1.52. The molecule has 0 saturated heterocycles. The van der Waals surface area contributed by atoms with Gasteiger partial charge < -0.3 is 4.74 Å². The highest BCUT2D eigenvalue weighted by Crippen LogP contribution is 2.24. The molecular weight excluding hydrogens is 303 g/mol. The molecule has 1 aromatic heterocycles. The van der Waals surface area contributed by atoms with Crippen LogP contribution in [-0.2, 0) is 0 Å². The van der Waals surface area contributed by atoms with Crippen molar-refractivity contribution in [3.05, 3.63) is 40.4 Å². The van der Waals surface area contributed by atoms with E-state index in [1.54, 1.807) is 6.92 Å². The van der Waals surface area contributed by atoms with E-state index in [2.05, 4.69) is 20.2 Å². The second-order valence-electron chi connectivity index (χ2n) is 4.23. The maximum atomic E-state index is 12.2. The molecule has 0 radical (unpaired) electrons. The minimum Gasteiger partial charge on any atom is -0.406 e. The zero-order chi connectivity index (χ0) is 15.5. The van der Waals surface area contributed by atoms with Gasteiger partial charge in [0.25, 0.3) is 0 Å². The molecule has 0 saturated carbocycles. The van der Waals surface area contributed by atoms with Gasteiger partial charge in [-0.2, -0.15) is 5.10 Å². The van der Waals surface area contributed by atoms with Gasteiger partial charge in [0, 0.05) is 10.9 Å². The van der Waals surface area contributed by atoms with Gasteiger partial charge in [-0.05, 0) is 31.5 Å². The number of thiazole rings is 1. The summed E-state index contributed by atoms with van der Waals surface area (Å²) in [6.45, 7) is 3.62. The molecule has 1 N–H and O–H groups in total. The Bertz CT molecular complexity index is 652. The lowest BCUT2D eigenvalue weighted by molar-refractivity contribution is -0.274. The van der Waals surface area contributed by atoms with Crippen molar-refractivity contribution in [1.82, 2.24) is 4.98 Å². The van der Waals surface area contributed by atoms with Crippen LogP contribution >= 0.6 is 11.3 Å². The molecule has 8 heteroatoms. The molecule has 0 amide bonds. The standard InChI is InChI=1S/C13H12F3N3OS/c1-8-3-4-11(20-13(14,15)16)5-10(8)6-17-19-12-18-9(2)7-21-12/h3-7H,1-2H3,(H,18,19). The van der Waals surface area contributed by atoms with Crippen LogP contribution in [-0.4, -0.2) is 17.6 Å². The Kier molecular flexibility index (Phi) is 4.46. The zero-order valence-electron chi connectivity index (χ0n) is 11.2. The largest absolute Gasteiger partial charge is 0.573 e. The zero-order valence-corrected chi connectivity index (χ0v) is 12.0. The summed E-state index contributed by atoms with van der Waals surface area (Å²) in [6, 6.07) is 4.08. The van der Waals surface area contributed by atoms with E-state index in [0.29, 0.717) is 10.7 Å². The van der Waals surface area contributed by atoms with E-state index in [1.165, 1.54) is 35.8 Å². The van der Waals surface area contributed by atoms with Crippen LogP contribution in [0.4, 0.5) is 18.3 Å². The normalized spacial score (nSPS) is 11.9. The van der Waals surface area contributed by atoms with Gasteiger partial charge in [-0.15, -0.1) is 24.5 Å². The van der Waals surface area contributed by atoms with Crippen LogP contribution in [0.1, 0.15) is 16.8 Å². The first-order chi connectivity index (χ1) is 9.83. The van der Waals surface area contributed by atoms with Crippen LogP contribution in [0.3, 0.4) is 0 Å². The molecule has 0 atom stereocenters. The number of nitrogens with zero attached hydrogens (tertiary/aromatic N) is 2. The molecule has 0 fully saturated rings. The summed E-state index contributed by atoms with van der Waals surface area (Å²) in [5, 5.41) is 6.44. The van der Waals surface area contributed by atoms with Gasteiger partial charge in [0.1, 0.15) is 5.75 Å². The molecule has 21 heavy (non-hydrogen) atoms.